The zero-order valence-electron chi connectivity index (χ0n) is 20.9. The fourth-order valence-electron chi connectivity index (χ4n) is 5.10. The van der Waals surface area contributed by atoms with Crippen LogP contribution in [0.5, 0.6) is 0 Å². The number of benzene rings is 1. The maximum absolute atomic E-state index is 14.2. The first-order valence-electron chi connectivity index (χ1n) is 11.6. The molecule has 38 heavy (non-hydrogen) atoms. The van der Waals surface area contributed by atoms with Gasteiger partial charge in [0.25, 0.3) is 15.7 Å². The Morgan fingerprint density at radius 3 is 1.76 bits per heavy atom. The SMILES string of the molecule is Cc1cnccc1C(C)C1(C(C)c2ccncc2C)NC(=O)N(c2ccc(S(=O)(=O)C(F)(F)F)cc2)C1=O. The molecule has 2 aromatic heterocycles. The highest BCUT2D eigenvalue weighted by Crippen LogP contribution is 2.46. The second-order valence-electron chi connectivity index (χ2n) is 9.29. The van der Waals surface area contributed by atoms with Crippen molar-refractivity contribution < 1.29 is 31.2 Å². The van der Waals surface area contributed by atoms with Crippen LogP contribution in [0.25, 0.3) is 0 Å². The number of halogens is 3. The van der Waals surface area contributed by atoms with Gasteiger partial charge in [0.15, 0.2) is 0 Å². The number of nitrogens with one attached hydrogen (secondary N) is 1. The van der Waals surface area contributed by atoms with Crippen molar-refractivity contribution in [1.82, 2.24) is 15.3 Å². The van der Waals surface area contributed by atoms with Crippen LogP contribution < -0.4 is 10.2 Å². The van der Waals surface area contributed by atoms with Crippen molar-refractivity contribution in [1.29, 1.82) is 0 Å². The van der Waals surface area contributed by atoms with Gasteiger partial charge >= 0.3 is 11.5 Å². The van der Waals surface area contributed by atoms with Gasteiger partial charge in [-0.1, -0.05) is 13.8 Å². The van der Waals surface area contributed by atoms with E-state index in [0.717, 1.165) is 51.4 Å². The molecule has 0 saturated carbocycles. The van der Waals surface area contributed by atoms with Crippen molar-refractivity contribution in [3.8, 4) is 0 Å². The summed E-state index contributed by atoms with van der Waals surface area (Å²) in [5.74, 6) is -1.74. The van der Waals surface area contributed by atoms with E-state index in [4.69, 9.17) is 0 Å². The van der Waals surface area contributed by atoms with E-state index in [0.29, 0.717) is 0 Å². The maximum Gasteiger partial charge on any atom is 0.501 e. The van der Waals surface area contributed by atoms with Crippen LogP contribution in [-0.2, 0) is 14.6 Å². The minimum atomic E-state index is -5.59. The summed E-state index contributed by atoms with van der Waals surface area (Å²) in [7, 11) is -5.59. The molecule has 8 nitrogen and oxygen atoms in total. The van der Waals surface area contributed by atoms with Gasteiger partial charge in [-0.2, -0.15) is 13.2 Å². The molecule has 3 heterocycles. The summed E-state index contributed by atoms with van der Waals surface area (Å²) >= 11 is 0. The number of pyridine rings is 2. The van der Waals surface area contributed by atoms with E-state index in [9.17, 15) is 31.2 Å². The average molecular weight is 547 g/mol. The fourth-order valence-corrected chi connectivity index (χ4v) is 5.86. The largest absolute Gasteiger partial charge is 0.501 e. The minimum absolute atomic E-state index is 0.0622. The molecule has 1 fully saturated rings. The summed E-state index contributed by atoms with van der Waals surface area (Å²) in [6.07, 6.45) is 6.49. The first-order chi connectivity index (χ1) is 17.7. The van der Waals surface area contributed by atoms with E-state index in [2.05, 4.69) is 15.3 Å². The quantitative estimate of drug-likeness (QED) is 0.446. The molecule has 3 aromatic rings. The molecule has 0 bridgehead atoms. The Hall–Kier alpha value is -3.80. The second-order valence-corrected chi connectivity index (χ2v) is 11.2. The van der Waals surface area contributed by atoms with Crippen LogP contribution in [0, 0.1) is 13.8 Å². The summed E-state index contributed by atoms with van der Waals surface area (Å²) < 4.78 is 62.5. The van der Waals surface area contributed by atoms with E-state index in [-0.39, 0.29) is 5.69 Å². The summed E-state index contributed by atoms with van der Waals surface area (Å²) in [5, 5.41) is 2.88. The summed E-state index contributed by atoms with van der Waals surface area (Å²) in [6.45, 7) is 7.31. The molecule has 1 N–H and O–H groups in total. The van der Waals surface area contributed by atoms with Crippen LogP contribution in [0.4, 0.5) is 23.7 Å². The van der Waals surface area contributed by atoms with Crippen molar-refractivity contribution in [3.05, 3.63) is 83.4 Å². The van der Waals surface area contributed by atoms with E-state index < -0.39 is 49.6 Å². The molecular formula is C26H25F3N4O4S. The molecule has 1 aliphatic heterocycles. The number of aromatic nitrogens is 2. The molecule has 1 aromatic carbocycles. The monoisotopic (exact) mass is 546 g/mol. The van der Waals surface area contributed by atoms with Crippen molar-refractivity contribution in [2.24, 2.45) is 0 Å². The van der Waals surface area contributed by atoms with Crippen LogP contribution in [-0.4, -0.2) is 41.4 Å². The van der Waals surface area contributed by atoms with Crippen molar-refractivity contribution >= 4 is 27.5 Å². The molecule has 1 aliphatic rings. The number of hydrogen-bond acceptors (Lipinski definition) is 6. The average Bonchev–Trinajstić information content (AvgIpc) is 3.13. The highest BCUT2D eigenvalue weighted by Gasteiger charge is 2.59. The topological polar surface area (TPSA) is 109 Å². The standard InChI is InChI=1S/C26H25F3N4O4S/c1-15-13-30-11-9-21(15)17(3)25(18(4)22-10-12-31-14-16(22)2)23(34)33(24(35)32-25)19-5-7-20(8-6-19)38(36,37)26(27,28)29/h5-14,17-18H,1-4H3,(H,32,35). The van der Waals surface area contributed by atoms with Crippen molar-refractivity contribution in [3.63, 3.8) is 0 Å². The number of alkyl halides is 3. The molecule has 0 aliphatic carbocycles. The number of carbonyl (C=O) groups is 2. The van der Waals surface area contributed by atoms with Crippen molar-refractivity contribution in [2.75, 3.05) is 4.90 Å². The molecule has 12 heteroatoms. The number of carbonyl (C=O) groups excluding carboxylic acids is 2. The Balaban J connectivity index is 1.84. The number of sulfone groups is 1. The lowest BCUT2D eigenvalue weighted by atomic mass is 9.68. The van der Waals surface area contributed by atoms with Crippen LogP contribution >= 0.6 is 0 Å². The lowest BCUT2D eigenvalue weighted by Crippen LogP contribution is -2.55. The van der Waals surface area contributed by atoms with E-state index in [1.807, 2.05) is 27.7 Å². The van der Waals surface area contributed by atoms with Gasteiger partial charge in [0.05, 0.1) is 10.6 Å². The Labute approximate surface area is 217 Å². The summed E-state index contributed by atoms with van der Waals surface area (Å²) in [6, 6.07) is 6.24. The van der Waals surface area contributed by atoms with Gasteiger partial charge in [0, 0.05) is 36.6 Å². The van der Waals surface area contributed by atoms with Crippen LogP contribution in [0.2, 0.25) is 0 Å². The maximum atomic E-state index is 14.2. The first-order valence-corrected chi connectivity index (χ1v) is 13.1. The lowest BCUT2D eigenvalue weighted by molar-refractivity contribution is -0.123. The van der Waals surface area contributed by atoms with Gasteiger partial charge in [-0.25, -0.2) is 18.1 Å². The number of nitrogens with zero attached hydrogens (tertiary/aromatic N) is 3. The molecule has 0 radical (unpaired) electrons. The van der Waals surface area contributed by atoms with Crippen molar-refractivity contribution in [2.45, 2.75) is 55.5 Å². The van der Waals surface area contributed by atoms with Gasteiger partial charge in [-0.15, -0.1) is 0 Å². The van der Waals surface area contributed by atoms with Gasteiger partial charge in [-0.3, -0.25) is 14.8 Å². The Kier molecular flexibility index (Phi) is 6.81. The molecule has 4 rings (SSSR count). The predicted octanol–water partition coefficient (Wildman–Crippen LogP) is 4.79. The molecule has 0 spiro atoms. The number of urea groups is 1. The number of rotatable bonds is 6. The summed E-state index contributed by atoms with van der Waals surface area (Å²) in [5.41, 5.74) is -3.87. The molecule has 2 unspecified atom stereocenters. The van der Waals surface area contributed by atoms with Gasteiger partial charge < -0.3 is 5.32 Å². The Morgan fingerprint density at radius 2 is 1.34 bits per heavy atom. The molecular weight excluding hydrogens is 521 g/mol. The number of aryl methyl sites for hydroxylation is 2. The molecule has 3 amide bonds. The highest BCUT2D eigenvalue weighted by molar-refractivity contribution is 7.92. The zero-order valence-corrected chi connectivity index (χ0v) is 21.8. The third-order valence-corrected chi connectivity index (χ3v) is 8.71. The zero-order chi connectivity index (χ0) is 28.0. The molecule has 2 atom stereocenters. The third kappa shape index (κ3) is 4.22. The van der Waals surface area contributed by atoms with Crippen LogP contribution in [0.3, 0.4) is 0 Å². The van der Waals surface area contributed by atoms with Gasteiger partial charge in [0.2, 0.25) is 0 Å². The minimum Gasteiger partial charge on any atom is -0.322 e. The lowest BCUT2D eigenvalue weighted by Gasteiger charge is -2.39. The van der Waals surface area contributed by atoms with Crippen LogP contribution in [0.15, 0.2) is 66.1 Å². The van der Waals surface area contributed by atoms with Gasteiger partial charge in [-0.05, 0) is 72.5 Å². The fraction of sp³-hybridized carbons (Fsp3) is 0.308. The Bertz CT molecular complexity index is 1460. The number of amides is 3. The van der Waals surface area contributed by atoms with Crippen LogP contribution in [0.1, 0.15) is 47.9 Å². The summed E-state index contributed by atoms with van der Waals surface area (Å²) in [4.78, 5) is 35.7. The highest BCUT2D eigenvalue weighted by atomic mass is 32.2. The second kappa shape index (κ2) is 9.50. The van der Waals surface area contributed by atoms with Gasteiger partial charge in [0.1, 0.15) is 5.54 Å². The molecule has 200 valence electrons. The predicted molar refractivity (Wildman–Crippen MR) is 133 cm³/mol. The third-order valence-electron chi connectivity index (χ3n) is 7.21. The van der Waals surface area contributed by atoms with E-state index >= 15 is 0 Å². The van der Waals surface area contributed by atoms with E-state index in [1.54, 1.807) is 36.9 Å². The Morgan fingerprint density at radius 1 is 0.868 bits per heavy atom. The first kappa shape index (κ1) is 27.2. The number of anilines is 1. The van der Waals surface area contributed by atoms with E-state index in [1.165, 1.54) is 0 Å². The normalized spacial score (nSPS) is 19.8. The molecule has 1 saturated heterocycles. The smallest absolute Gasteiger partial charge is 0.322 e. The number of hydrogen-bond donors (Lipinski definition) is 1. The number of imide groups is 1.